The third kappa shape index (κ3) is 2.45. The summed E-state index contributed by atoms with van der Waals surface area (Å²) in [6, 6.07) is 7.84. The number of nitrogens with one attached hydrogen (secondary N) is 1. The van der Waals surface area contributed by atoms with Crippen molar-refractivity contribution in [3.8, 4) is 0 Å². The van der Waals surface area contributed by atoms with Crippen LogP contribution in [0.4, 0.5) is 5.69 Å². The summed E-state index contributed by atoms with van der Waals surface area (Å²) in [4.78, 5) is 17.5. The SMILES string of the molecule is O=C(Nc1ccc(Br)cc1)C12C[C@H]3C[C@H](C1)CC(n1cncn1)(C3)C2. The summed E-state index contributed by atoms with van der Waals surface area (Å²) in [5.41, 5.74) is 0.597. The van der Waals surface area contributed by atoms with E-state index in [9.17, 15) is 4.79 Å². The van der Waals surface area contributed by atoms with Gasteiger partial charge in [-0.2, -0.15) is 5.10 Å². The molecule has 0 unspecified atom stereocenters. The largest absolute Gasteiger partial charge is 0.326 e. The second-order valence-corrected chi connectivity index (χ2v) is 9.18. The van der Waals surface area contributed by atoms with Crippen LogP contribution in [-0.2, 0) is 10.3 Å². The topological polar surface area (TPSA) is 59.8 Å². The average molecular weight is 401 g/mol. The molecule has 4 bridgehead atoms. The molecule has 1 aromatic heterocycles. The molecule has 6 heteroatoms. The van der Waals surface area contributed by atoms with Gasteiger partial charge in [-0.25, -0.2) is 9.67 Å². The molecule has 2 atom stereocenters. The molecular formula is C19H21BrN4O. The number of benzene rings is 1. The second kappa shape index (κ2) is 5.40. The average Bonchev–Trinajstić information content (AvgIpc) is 3.11. The molecule has 4 aliphatic carbocycles. The van der Waals surface area contributed by atoms with Gasteiger partial charge in [0.1, 0.15) is 12.7 Å². The Hall–Kier alpha value is -1.69. The molecule has 130 valence electrons. The number of amides is 1. The minimum atomic E-state index is -0.261. The highest BCUT2D eigenvalue weighted by atomic mass is 79.9. The molecule has 1 aromatic carbocycles. The highest BCUT2D eigenvalue weighted by molar-refractivity contribution is 9.10. The van der Waals surface area contributed by atoms with E-state index in [2.05, 4.69) is 31.3 Å². The first-order chi connectivity index (χ1) is 12.1. The number of anilines is 1. The molecule has 1 heterocycles. The molecule has 25 heavy (non-hydrogen) atoms. The first-order valence-corrected chi connectivity index (χ1v) is 9.78. The van der Waals surface area contributed by atoms with Crippen LogP contribution in [0.3, 0.4) is 0 Å². The fraction of sp³-hybridized carbons (Fsp3) is 0.526. The Balaban J connectivity index is 1.46. The maximum atomic E-state index is 13.3. The standard InChI is InChI=1S/C19H21BrN4O/c20-15-1-3-16(4-2-15)23-17(25)18-6-13-5-14(7-18)9-19(8-13,10-18)24-12-21-11-22-24/h1-4,11-14H,5-10H2,(H,23,25)/t13-,14-,18?,19?/m1/s1. The minimum absolute atomic E-state index is 0.0162. The van der Waals surface area contributed by atoms with Crippen LogP contribution < -0.4 is 5.32 Å². The summed E-state index contributed by atoms with van der Waals surface area (Å²) in [7, 11) is 0. The predicted molar refractivity (Wildman–Crippen MR) is 97.9 cm³/mol. The van der Waals surface area contributed by atoms with Gasteiger partial charge >= 0.3 is 0 Å². The first kappa shape index (κ1) is 15.6. The van der Waals surface area contributed by atoms with Crippen molar-refractivity contribution >= 4 is 27.5 Å². The molecule has 1 amide bonds. The van der Waals surface area contributed by atoms with Crippen LogP contribution in [0, 0.1) is 17.3 Å². The zero-order chi connectivity index (χ0) is 17.1. The Morgan fingerprint density at radius 1 is 1.16 bits per heavy atom. The minimum Gasteiger partial charge on any atom is -0.326 e. The van der Waals surface area contributed by atoms with Gasteiger partial charge in [0.15, 0.2) is 0 Å². The second-order valence-electron chi connectivity index (χ2n) is 8.27. The Morgan fingerprint density at radius 2 is 1.88 bits per heavy atom. The van der Waals surface area contributed by atoms with Crippen molar-refractivity contribution in [2.75, 3.05) is 5.32 Å². The molecule has 6 rings (SSSR count). The van der Waals surface area contributed by atoms with Gasteiger partial charge in [-0.15, -0.1) is 0 Å². The molecule has 4 saturated carbocycles. The lowest BCUT2D eigenvalue weighted by Gasteiger charge is -2.60. The zero-order valence-electron chi connectivity index (χ0n) is 14.0. The highest BCUT2D eigenvalue weighted by Crippen LogP contribution is 2.64. The van der Waals surface area contributed by atoms with E-state index in [4.69, 9.17) is 0 Å². The van der Waals surface area contributed by atoms with Gasteiger partial charge in [0.05, 0.1) is 11.0 Å². The summed E-state index contributed by atoms with van der Waals surface area (Å²) in [5, 5.41) is 7.64. The van der Waals surface area contributed by atoms with E-state index in [0.717, 1.165) is 42.3 Å². The normalized spacial score (nSPS) is 35.7. The Kier molecular flexibility index (Phi) is 3.36. The molecular weight excluding hydrogens is 380 g/mol. The molecule has 0 saturated heterocycles. The molecule has 4 aliphatic rings. The summed E-state index contributed by atoms with van der Waals surface area (Å²) in [5.74, 6) is 1.44. The van der Waals surface area contributed by atoms with Crippen LogP contribution in [0.5, 0.6) is 0 Å². The Bertz CT molecular complexity index is 787. The molecule has 1 N–H and O–H groups in total. The molecule has 0 aliphatic heterocycles. The number of rotatable bonds is 3. The fourth-order valence-electron chi connectivity index (χ4n) is 6.00. The lowest BCUT2D eigenvalue weighted by Crippen LogP contribution is -2.60. The van der Waals surface area contributed by atoms with Crippen LogP contribution in [0.25, 0.3) is 0 Å². The van der Waals surface area contributed by atoms with E-state index in [-0.39, 0.29) is 16.9 Å². The van der Waals surface area contributed by atoms with Crippen molar-refractivity contribution in [2.24, 2.45) is 17.3 Å². The van der Waals surface area contributed by atoms with Crippen molar-refractivity contribution < 1.29 is 4.79 Å². The van der Waals surface area contributed by atoms with E-state index >= 15 is 0 Å². The van der Waals surface area contributed by atoms with Crippen LogP contribution in [0.15, 0.2) is 41.4 Å². The van der Waals surface area contributed by atoms with Gasteiger partial charge in [0.2, 0.25) is 5.91 Å². The third-order valence-corrected chi connectivity index (χ3v) is 7.05. The van der Waals surface area contributed by atoms with Gasteiger partial charge in [-0.1, -0.05) is 15.9 Å². The quantitative estimate of drug-likeness (QED) is 0.847. The summed E-state index contributed by atoms with van der Waals surface area (Å²) in [6.45, 7) is 0. The molecule has 2 aromatic rings. The number of nitrogens with zero attached hydrogens (tertiary/aromatic N) is 3. The van der Waals surface area contributed by atoms with Crippen LogP contribution in [0.1, 0.15) is 38.5 Å². The lowest BCUT2D eigenvalue weighted by atomic mass is 9.46. The summed E-state index contributed by atoms with van der Waals surface area (Å²) < 4.78 is 3.07. The number of aromatic nitrogens is 3. The number of carbonyl (C=O) groups excluding carboxylic acids is 1. The Morgan fingerprint density at radius 3 is 2.52 bits per heavy atom. The van der Waals surface area contributed by atoms with Gasteiger partial charge in [-0.3, -0.25) is 4.79 Å². The first-order valence-electron chi connectivity index (χ1n) is 8.99. The number of carbonyl (C=O) groups is 1. The third-order valence-electron chi connectivity index (χ3n) is 6.52. The van der Waals surface area contributed by atoms with Gasteiger partial charge in [0.25, 0.3) is 0 Å². The number of halogens is 1. The summed E-state index contributed by atoms with van der Waals surface area (Å²) >= 11 is 3.44. The van der Waals surface area contributed by atoms with E-state index < -0.39 is 0 Å². The van der Waals surface area contributed by atoms with E-state index in [1.54, 1.807) is 6.33 Å². The Labute approximate surface area is 155 Å². The van der Waals surface area contributed by atoms with Crippen molar-refractivity contribution in [1.82, 2.24) is 14.8 Å². The van der Waals surface area contributed by atoms with Gasteiger partial charge in [-0.05, 0) is 74.6 Å². The van der Waals surface area contributed by atoms with Gasteiger partial charge in [0, 0.05) is 10.2 Å². The van der Waals surface area contributed by atoms with E-state index in [0.29, 0.717) is 11.8 Å². The maximum absolute atomic E-state index is 13.3. The zero-order valence-corrected chi connectivity index (χ0v) is 15.6. The lowest BCUT2D eigenvalue weighted by molar-refractivity contribution is -0.150. The molecule has 4 fully saturated rings. The van der Waals surface area contributed by atoms with E-state index in [1.807, 2.05) is 35.3 Å². The van der Waals surface area contributed by atoms with Crippen molar-refractivity contribution in [2.45, 2.75) is 44.1 Å². The number of hydrogen-bond acceptors (Lipinski definition) is 3. The van der Waals surface area contributed by atoms with E-state index in [1.165, 1.54) is 6.42 Å². The highest BCUT2D eigenvalue weighted by Gasteiger charge is 2.61. The molecule has 0 radical (unpaired) electrons. The summed E-state index contributed by atoms with van der Waals surface area (Å²) in [6.07, 6.45) is 9.92. The van der Waals surface area contributed by atoms with Crippen LogP contribution in [-0.4, -0.2) is 20.7 Å². The fourth-order valence-corrected chi connectivity index (χ4v) is 6.26. The van der Waals surface area contributed by atoms with Crippen molar-refractivity contribution in [1.29, 1.82) is 0 Å². The molecule has 5 nitrogen and oxygen atoms in total. The maximum Gasteiger partial charge on any atom is 0.230 e. The van der Waals surface area contributed by atoms with Gasteiger partial charge < -0.3 is 5.32 Å². The van der Waals surface area contributed by atoms with Crippen LogP contribution >= 0.6 is 15.9 Å². The number of hydrogen-bond donors (Lipinski definition) is 1. The smallest absolute Gasteiger partial charge is 0.230 e. The predicted octanol–water partition coefficient (Wildman–Crippen LogP) is 3.97. The monoisotopic (exact) mass is 400 g/mol. The van der Waals surface area contributed by atoms with Crippen molar-refractivity contribution in [3.05, 3.63) is 41.4 Å². The van der Waals surface area contributed by atoms with Crippen molar-refractivity contribution in [3.63, 3.8) is 0 Å². The molecule has 0 spiro atoms. The van der Waals surface area contributed by atoms with Crippen LogP contribution in [0.2, 0.25) is 0 Å².